The van der Waals surface area contributed by atoms with E-state index in [1.807, 2.05) is 0 Å². The molecule has 100 valence electrons. The van der Waals surface area contributed by atoms with E-state index in [-0.39, 0.29) is 17.8 Å². The van der Waals surface area contributed by atoms with Crippen LogP contribution in [0.2, 0.25) is 0 Å². The Morgan fingerprint density at radius 2 is 1.89 bits per heavy atom. The number of aliphatic hydroxyl groups excluding tert-OH is 1. The molecule has 0 heterocycles. The van der Waals surface area contributed by atoms with Gasteiger partial charge in [0.1, 0.15) is 11.6 Å². The molecule has 0 saturated heterocycles. The maximum absolute atomic E-state index is 13.7. The van der Waals surface area contributed by atoms with Crippen LogP contribution in [-0.4, -0.2) is 5.11 Å². The summed E-state index contributed by atoms with van der Waals surface area (Å²) in [5.41, 5.74) is 1.62. The van der Waals surface area contributed by atoms with Gasteiger partial charge in [0.2, 0.25) is 0 Å². The van der Waals surface area contributed by atoms with E-state index in [0.29, 0.717) is 10.0 Å². The van der Waals surface area contributed by atoms with Crippen molar-refractivity contribution in [1.82, 2.24) is 0 Å². The van der Waals surface area contributed by atoms with E-state index in [4.69, 9.17) is 0 Å². The predicted molar refractivity (Wildman–Crippen MR) is 73.9 cm³/mol. The molecule has 0 fully saturated rings. The lowest BCUT2D eigenvalue weighted by molar-refractivity contribution is 0.173. The van der Waals surface area contributed by atoms with Crippen molar-refractivity contribution < 1.29 is 13.9 Å². The quantitative estimate of drug-likeness (QED) is 0.891. The van der Waals surface area contributed by atoms with Gasteiger partial charge in [-0.25, -0.2) is 8.78 Å². The summed E-state index contributed by atoms with van der Waals surface area (Å²) in [5.74, 6) is -0.824. The molecule has 0 bridgehead atoms. The van der Waals surface area contributed by atoms with Gasteiger partial charge in [-0.1, -0.05) is 28.1 Å². The van der Waals surface area contributed by atoms with Crippen molar-refractivity contribution in [2.45, 2.75) is 19.4 Å². The van der Waals surface area contributed by atoms with Gasteiger partial charge in [0.15, 0.2) is 0 Å². The van der Waals surface area contributed by atoms with Gasteiger partial charge >= 0.3 is 0 Å². The lowest BCUT2D eigenvalue weighted by Gasteiger charge is -2.13. The first-order chi connectivity index (χ1) is 8.97. The fraction of sp³-hybridized carbons (Fsp3) is 0.200. The van der Waals surface area contributed by atoms with Crippen molar-refractivity contribution in [2.24, 2.45) is 0 Å². The average molecular weight is 327 g/mol. The minimum Gasteiger partial charge on any atom is -0.388 e. The lowest BCUT2D eigenvalue weighted by Crippen LogP contribution is -2.05. The topological polar surface area (TPSA) is 20.2 Å². The number of aliphatic hydroxyl groups is 1. The van der Waals surface area contributed by atoms with Crippen LogP contribution in [0.4, 0.5) is 8.78 Å². The first-order valence-electron chi connectivity index (χ1n) is 5.85. The van der Waals surface area contributed by atoms with Gasteiger partial charge in [-0.05, 0) is 42.3 Å². The summed E-state index contributed by atoms with van der Waals surface area (Å²) >= 11 is 3.29. The molecule has 0 aliphatic heterocycles. The van der Waals surface area contributed by atoms with Crippen LogP contribution in [0.25, 0.3) is 0 Å². The van der Waals surface area contributed by atoms with Crippen LogP contribution in [0.3, 0.4) is 0 Å². The largest absolute Gasteiger partial charge is 0.388 e. The van der Waals surface area contributed by atoms with E-state index in [1.165, 1.54) is 18.2 Å². The predicted octanol–water partition coefficient (Wildman–Crippen LogP) is 4.31. The Balaban J connectivity index is 2.25. The molecular formula is C15H13BrF2O. The summed E-state index contributed by atoms with van der Waals surface area (Å²) in [6.07, 6.45) is -0.850. The molecule has 0 spiro atoms. The average Bonchev–Trinajstić information content (AvgIpc) is 2.33. The Morgan fingerprint density at radius 1 is 1.16 bits per heavy atom. The van der Waals surface area contributed by atoms with E-state index in [9.17, 15) is 13.9 Å². The first kappa shape index (κ1) is 14.2. The Bertz CT molecular complexity index is 599. The molecule has 2 rings (SSSR count). The smallest absolute Gasteiger partial charge is 0.129 e. The third kappa shape index (κ3) is 3.39. The highest BCUT2D eigenvalue weighted by Gasteiger charge is 2.15. The fourth-order valence-electron chi connectivity index (χ4n) is 1.92. The molecule has 1 atom stereocenters. The molecule has 0 aliphatic carbocycles. The summed E-state index contributed by atoms with van der Waals surface area (Å²) < 4.78 is 27.6. The van der Waals surface area contributed by atoms with Gasteiger partial charge in [0.25, 0.3) is 0 Å². The molecule has 1 unspecified atom stereocenters. The number of hydrogen-bond acceptors (Lipinski definition) is 1. The zero-order chi connectivity index (χ0) is 14.0. The molecule has 0 aliphatic rings. The lowest BCUT2D eigenvalue weighted by atomic mass is 10.00. The van der Waals surface area contributed by atoms with Crippen molar-refractivity contribution in [2.75, 3.05) is 0 Å². The van der Waals surface area contributed by atoms with Gasteiger partial charge in [-0.2, -0.15) is 0 Å². The highest BCUT2D eigenvalue weighted by Crippen LogP contribution is 2.26. The van der Waals surface area contributed by atoms with Crippen molar-refractivity contribution >= 4 is 15.9 Å². The van der Waals surface area contributed by atoms with E-state index >= 15 is 0 Å². The van der Waals surface area contributed by atoms with E-state index in [0.717, 1.165) is 5.56 Å². The Morgan fingerprint density at radius 3 is 2.58 bits per heavy atom. The van der Waals surface area contributed by atoms with Crippen LogP contribution in [0.1, 0.15) is 22.8 Å². The van der Waals surface area contributed by atoms with Crippen LogP contribution in [0.15, 0.2) is 40.9 Å². The van der Waals surface area contributed by atoms with Crippen LogP contribution in [0, 0.1) is 18.6 Å². The molecule has 1 N–H and O–H groups in total. The normalized spacial score (nSPS) is 12.5. The minimum atomic E-state index is -1.00. The van der Waals surface area contributed by atoms with Gasteiger partial charge in [0.05, 0.1) is 6.10 Å². The maximum atomic E-state index is 13.7. The van der Waals surface area contributed by atoms with Crippen LogP contribution in [-0.2, 0) is 6.42 Å². The van der Waals surface area contributed by atoms with E-state index < -0.39 is 11.9 Å². The number of hydrogen-bond donors (Lipinski definition) is 1. The molecular weight excluding hydrogens is 314 g/mol. The number of aryl methyl sites for hydroxylation is 1. The standard InChI is InChI=1S/C15H13BrF2O/c1-9-2-4-12(14(18)6-9)15(19)8-10-7-11(17)3-5-13(10)16/h2-7,15,19H,8H2,1H3. The highest BCUT2D eigenvalue weighted by atomic mass is 79.9. The number of rotatable bonds is 3. The molecule has 2 aromatic carbocycles. The van der Waals surface area contributed by atoms with Crippen LogP contribution >= 0.6 is 15.9 Å². The number of benzene rings is 2. The molecule has 0 radical (unpaired) electrons. The Labute approximate surface area is 119 Å². The summed E-state index contributed by atoms with van der Waals surface area (Å²) in [6, 6.07) is 8.90. The second-order valence-corrected chi connectivity index (χ2v) is 5.33. The monoisotopic (exact) mass is 326 g/mol. The minimum absolute atomic E-state index is 0.151. The Kier molecular flexibility index (Phi) is 4.32. The second-order valence-electron chi connectivity index (χ2n) is 4.48. The third-order valence-corrected chi connectivity index (χ3v) is 3.71. The van der Waals surface area contributed by atoms with Gasteiger partial charge in [-0.15, -0.1) is 0 Å². The van der Waals surface area contributed by atoms with Crippen molar-refractivity contribution in [3.05, 3.63) is 69.2 Å². The molecule has 0 saturated carbocycles. The molecule has 0 amide bonds. The first-order valence-corrected chi connectivity index (χ1v) is 6.64. The van der Waals surface area contributed by atoms with Crippen molar-refractivity contribution in [3.8, 4) is 0 Å². The molecule has 0 aromatic heterocycles. The summed E-state index contributed by atoms with van der Waals surface area (Å²) in [5, 5.41) is 10.1. The van der Waals surface area contributed by atoms with Gasteiger partial charge < -0.3 is 5.11 Å². The van der Waals surface area contributed by atoms with Gasteiger partial charge in [-0.3, -0.25) is 0 Å². The highest BCUT2D eigenvalue weighted by molar-refractivity contribution is 9.10. The summed E-state index contributed by atoms with van der Waals surface area (Å²) in [4.78, 5) is 0. The number of halogens is 3. The molecule has 4 heteroatoms. The van der Waals surface area contributed by atoms with E-state index in [1.54, 1.807) is 25.1 Å². The van der Waals surface area contributed by atoms with E-state index in [2.05, 4.69) is 15.9 Å². The summed E-state index contributed by atoms with van der Waals surface area (Å²) in [7, 11) is 0. The van der Waals surface area contributed by atoms with Crippen LogP contribution in [0.5, 0.6) is 0 Å². The zero-order valence-electron chi connectivity index (χ0n) is 10.3. The van der Waals surface area contributed by atoms with Crippen LogP contribution < -0.4 is 0 Å². The van der Waals surface area contributed by atoms with Crippen molar-refractivity contribution in [1.29, 1.82) is 0 Å². The summed E-state index contributed by atoms with van der Waals surface area (Å²) in [6.45, 7) is 1.78. The Hall–Kier alpha value is -1.26. The SMILES string of the molecule is Cc1ccc(C(O)Cc2cc(F)ccc2Br)c(F)c1. The van der Waals surface area contributed by atoms with Gasteiger partial charge in [0, 0.05) is 16.5 Å². The molecule has 2 aromatic rings. The fourth-order valence-corrected chi connectivity index (χ4v) is 2.33. The maximum Gasteiger partial charge on any atom is 0.129 e. The molecule has 1 nitrogen and oxygen atoms in total. The zero-order valence-corrected chi connectivity index (χ0v) is 11.9. The van der Waals surface area contributed by atoms with Crippen molar-refractivity contribution in [3.63, 3.8) is 0 Å². The second kappa shape index (κ2) is 5.80. The molecule has 19 heavy (non-hydrogen) atoms. The third-order valence-electron chi connectivity index (χ3n) is 2.94.